The van der Waals surface area contributed by atoms with Crippen molar-refractivity contribution in [1.82, 2.24) is 14.9 Å². The van der Waals surface area contributed by atoms with Gasteiger partial charge in [-0.1, -0.05) is 24.3 Å². The van der Waals surface area contributed by atoms with Crippen molar-refractivity contribution in [1.29, 1.82) is 0 Å². The van der Waals surface area contributed by atoms with E-state index in [-0.39, 0.29) is 11.4 Å². The highest BCUT2D eigenvalue weighted by atomic mass is 32.1. The molecule has 33 heavy (non-hydrogen) atoms. The molecule has 0 radical (unpaired) electrons. The molecule has 5 nitrogen and oxygen atoms in total. The van der Waals surface area contributed by atoms with Crippen LogP contribution in [-0.2, 0) is 32.4 Å². The lowest BCUT2D eigenvalue weighted by Crippen LogP contribution is -2.33. The second-order valence-corrected chi connectivity index (χ2v) is 9.56. The quantitative estimate of drug-likeness (QED) is 0.439. The third-order valence-corrected chi connectivity index (χ3v) is 7.48. The summed E-state index contributed by atoms with van der Waals surface area (Å²) in [7, 11) is 1.66. The molecule has 1 aliphatic rings. The molecule has 170 valence electrons. The summed E-state index contributed by atoms with van der Waals surface area (Å²) in [5, 5.41) is 4.38. The van der Waals surface area contributed by atoms with E-state index < -0.39 is 0 Å². The molecule has 4 aromatic rings. The van der Waals surface area contributed by atoms with Crippen molar-refractivity contribution in [3.63, 3.8) is 0 Å². The fourth-order valence-electron chi connectivity index (χ4n) is 4.48. The molecule has 0 amide bonds. The van der Waals surface area contributed by atoms with Crippen LogP contribution in [0.3, 0.4) is 0 Å². The second-order valence-electron chi connectivity index (χ2n) is 8.48. The number of ether oxygens (including phenoxy) is 1. The third-order valence-electron chi connectivity index (χ3n) is 6.32. The number of nitrogens with one attached hydrogen (secondary N) is 1. The molecule has 0 saturated heterocycles. The summed E-state index contributed by atoms with van der Waals surface area (Å²) in [4.78, 5) is 20.0. The van der Waals surface area contributed by atoms with Gasteiger partial charge in [0.15, 0.2) is 0 Å². The number of thiophene rings is 1. The van der Waals surface area contributed by atoms with Crippen molar-refractivity contribution < 1.29 is 9.13 Å². The lowest BCUT2D eigenvalue weighted by Gasteiger charge is -2.23. The lowest BCUT2D eigenvalue weighted by molar-refractivity contribution is 0.414. The Kier molecular flexibility index (Phi) is 6.24. The Bertz CT molecular complexity index is 1330. The van der Waals surface area contributed by atoms with E-state index in [0.717, 1.165) is 52.8 Å². The highest BCUT2D eigenvalue weighted by Gasteiger charge is 2.25. The van der Waals surface area contributed by atoms with Crippen molar-refractivity contribution >= 4 is 21.6 Å². The van der Waals surface area contributed by atoms with Gasteiger partial charge in [-0.05, 0) is 66.6 Å². The highest BCUT2D eigenvalue weighted by Crippen LogP contribution is 2.33. The number of halogens is 1. The number of aromatic nitrogens is 2. The number of aryl methyl sites for hydroxylation is 3. The molecule has 5 rings (SSSR count). The Morgan fingerprint density at radius 2 is 2.06 bits per heavy atom. The van der Waals surface area contributed by atoms with Crippen LogP contribution in [0.4, 0.5) is 4.39 Å². The van der Waals surface area contributed by atoms with Gasteiger partial charge in [0.05, 0.1) is 18.8 Å². The van der Waals surface area contributed by atoms with Crippen LogP contribution in [0.25, 0.3) is 10.2 Å². The molecule has 2 aromatic carbocycles. The molecule has 0 spiro atoms. The van der Waals surface area contributed by atoms with Crippen LogP contribution in [0.1, 0.15) is 28.0 Å². The van der Waals surface area contributed by atoms with Crippen LogP contribution >= 0.6 is 11.3 Å². The van der Waals surface area contributed by atoms with Crippen LogP contribution in [0.2, 0.25) is 0 Å². The summed E-state index contributed by atoms with van der Waals surface area (Å²) >= 11 is 1.64. The number of hydrogen-bond acceptors (Lipinski definition) is 5. The molecule has 0 saturated carbocycles. The Morgan fingerprint density at radius 1 is 1.21 bits per heavy atom. The van der Waals surface area contributed by atoms with Gasteiger partial charge in [0.1, 0.15) is 16.4 Å². The fourth-order valence-corrected chi connectivity index (χ4v) is 5.73. The van der Waals surface area contributed by atoms with E-state index >= 15 is 0 Å². The molecule has 0 fully saturated rings. The van der Waals surface area contributed by atoms with Crippen molar-refractivity contribution in [3.05, 3.63) is 92.6 Å². The SMILES string of the molecule is COc1cccc(CCn2cnc3sc4c(c3c2=O)CC[C@@H](NCc2ccc(F)cc2)C4)c1. The van der Waals surface area contributed by atoms with Crippen molar-refractivity contribution in [3.8, 4) is 5.75 Å². The maximum atomic E-state index is 13.3. The van der Waals surface area contributed by atoms with Gasteiger partial charge in [-0.15, -0.1) is 11.3 Å². The molecule has 0 bridgehead atoms. The van der Waals surface area contributed by atoms with Crippen molar-refractivity contribution in [2.24, 2.45) is 0 Å². The molecular formula is C26H26FN3O2S. The first-order valence-electron chi connectivity index (χ1n) is 11.2. The molecule has 1 N–H and O–H groups in total. The Morgan fingerprint density at radius 3 is 2.88 bits per heavy atom. The maximum absolute atomic E-state index is 13.3. The van der Waals surface area contributed by atoms with Crippen LogP contribution in [-0.4, -0.2) is 22.7 Å². The fraction of sp³-hybridized carbons (Fsp3) is 0.308. The first-order chi connectivity index (χ1) is 16.1. The van der Waals surface area contributed by atoms with Gasteiger partial charge in [-0.25, -0.2) is 9.37 Å². The minimum atomic E-state index is -0.215. The smallest absolute Gasteiger partial charge is 0.262 e. The number of methoxy groups -OCH3 is 1. The minimum Gasteiger partial charge on any atom is -0.497 e. The number of nitrogens with zero attached hydrogens (tertiary/aromatic N) is 2. The van der Waals surface area contributed by atoms with Gasteiger partial charge in [0, 0.05) is 24.0 Å². The predicted molar refractivity (Wildman–Crippen MR) is 130 cm³/mol. The van der Waals surface area contributed by atoms with Gasteiger partial charge in [0.25, 0.3) is 5.56 Å². The van der Waals surface area contributed by atoms with Gasteiger partial charge in [-0.2, -0.15) is 0 Å². The summed E-state index contributed by atoms with van der Waals surface area (Å²) in [6.45, 7) is 1.29. The number of benzene rings is 2. The Hall–Kier alpha value is -3.03. The number of rotatable bonds is 7. The third kappa shape index (κ3) is 4.70. The van der Waals surface area contributed by atoms with Gasteiger partial charge in [0.2, 0.25) is 0 Å². The number of fused-ring (bicyclic) bond motifs is 3. The van der Waals surface area contributed by atoms with E-state index in [1.165, 1.54) is 22.6 Å². The van der Waals surface area contributed by atoms with E-state index in [0.29, 0.717) is 19.1 Å². The highest BCUT2D eigenvalue weighted by molar-refractivity contribution is 7.18. The first-order valence-corrected chi connectivity index (χ1v) is 12.0. The topological polar surface area (TPSA) is 56.2 Å². The first kappa shape index (κ1) is 21.8. The van der Waals surface area contributed by atoms with Gasteiger partial charge >= 0.3 is 0 Å². The zero-order valence-corrected chi connectivity index (χ0v) is 19.3. The van der Waals surface area contributed by atoms with E-state index in [2.05, 4.69) is 10.3 Å². The van der Waals surface area contributed by atoms with E-state index in [4.69, 9.17) is 4.74 Å². The van der Waals surface area contributed by atoms with E-state index in [1.807, 2.05) is 36.4 Å². The van der Waals surface area contributed by atoms with E-state index in [1.54, 1.807) is 29.3 Å². The molecule has 0 unspecified atom stereocenters. The molecule has 0 aliphatic heterocycles. The van der Waals surface area contributed by atoms with Gasteiger partial charge in [-0.3, -0.25) is 9.36 Å². The summed E-state index contributed by atoms with van der Waals surface area (Å²) in [5.41, 5.74) is 3.42. The van der Waals surface area contributed by atoms with Crippen LogP contribution in [0.5, 0.6) is 5.75 Å². The summed E-state index contributed by atoms with van der Waals surface area (Å²) < 4.78 is 20.1. The summed E-state index contributed by atoms with van der Waals surface area (Å²) in [6.07, 6.45) is 5.15. The molecule has 1 atom stereocenters. The monoisotopic (exact) mass is 463 g/mol. The van der Waals surface area contributed by atoms with Crippen LogP contribution in [0, 0.1) is 5.82 Å². The molecular weight excluding hydrogens is 437 g/mol. The van der Waals surface area contributed by atoms with E-state index in [9.17, 15) is 9.18 Å². The molecule has 2 aromatic heterocycles. The largest absolute Gasteiger partial charge is 0.497 e. The number of hydrogen-bond donors (Lipinski definition) is 1. The van der Waals surface area contributed by atoms with Crippen LogP contribution < -0.4 is 15.6 Å². The second kappa shape index (κ2) is 9.45. The summed E-state index contributed by atoms with van der Waals surface area (Å²) in [5.74, 6) is 0.607. The summed E-state index contributed by atoms with van der Waals surface area (Å²) in [6, 6.07) is 14.9. The van der Waals surface area contributed by atoms with Crippen molar-refractivity contribution in [2.45, 2.75) is 44.8 Å². The molecule has 1 aliphatic carbocycles. The molecule has 7 heteroatoms. The predicted octanol–water partition coefficient (Wildman–Crippen LogP) is 4.50. The average Bonchev–Trinajstić information content (AvgIpc) is 3.22. The Labute approximate surface area is 195 Å². The average molecular weight is 464 g/mol. The standard InChI is InChI=1S/C26H26FN3O2S/c1-32-21-4-2-3-17(13-21)11-12-30-16-29-25-24(26(30)31)22-10-9-20(14-23(22)33-25)28-15-18-5-7-19(27)8-6-18/h2-8,13,16,20,28H,9-12,14-15H2,1H3/t20-/m1/s1. The molecule has 2 heterocycles. The van der Waals surface area contributed by atoms with Crippen molar-refractivity contribution in [2.75, 3.05) is 7.11 Å². The van der Waals surface area contributed by atoms with Crippen LogP contribution in [0.15, 0.2) is 59.7 Å². The Balaban J connectivity index is 1.30. The zero-order chi connectivity index (χ0) is 22.8. The maximum Gasteiger partial charge on any atom is 0.262 e. The normalized spacial score (nSPS) is 15.5. The van der Waals surface area contributed by atoms with Gasteiger partial charge < -0.3 is 10.1 Å². The lowest BCUT2D eigenvalue weighted by atomic mass is 9.93. The minimum absolute atomic E-state index is 0.0538. The zero-order valence-electron chi connectivity index (χ0n) is 18.5.